The molecule has 0 aromatic rings. The Bertz CT molecular complexity index is 215. The van der Waals surface area contributed by atoms with Crippen molar-refractivity contribution in [1.29, 1.82) is 0 Å². The van der Waals surface area contributed by atoms with Crippen LogP contribution in [0.5, 0.6) is 0 Å². The summed E-state index contributed by atoms with van der Waals surface area (Å²) in [5, 5.41) is 8.63. The van der Waals surface area contributed by atoms with Gasteiger partial charge in [-0.25, -0.2) is 4.79 Å². The molecule has 0 spiro atoms. The Hall–Kier alpha value is -0.860. The molecule has 1 N–H and O–H groups in total. The zero-order valence-corrected chi connectivity index (χ0v) is 11.7. The Morgan fingerprint density at radius 3 is 1.67 bits per heavy atom. The van der Waals surface area contributed by atoms with Gasteiger partial charge in [-0.05, 0) is 12.8 Å². The minimum absolute atomic E-state index is 0. The van der Waals surface area contributed by atoms with Crippen molar-refractivity contribution in [2.45, 2.75) is 77.6 Å². The number of carboxylic acids is 1. The molecule has 0 aliphatic rings. The Morgan fingerprint density at radius 2 is 1.28 bits per heavy atom. The first-order valence-electron chi connectivity index (χ1n) is 7.09. The topological polar surface area (TPSA) is 37.3 Å². The lowest BCUT2D eigenvalue weighted by Crippen LogP contribution is -1.98. The normalized spacial score (nSPS) is 9.83. The van der Waals surface area contributed by atoms with Gasteiger partial charge in [0.05, 0.1) is 0 Å². The van der Waals surface area contributed by atoms with Gasteiger partial charge in [-0.3, -0.25) is 4.70 Å². The van der Waals surface area contributed by atoms with Crippen LogP contribution in [0.15, 0.2) is 12.2 Å². The number of aliphatic carboxylic acids is 1. The Labute approximate surface area is 111 Å². The van der Waals surface area contributed by atoms with Gasteiger partial charge in [0.25, 0.3) is 0 Å². The van der Waals surface area contributed by atoms with Crippen LogP contribution >= 0.6 is 0 Å². The summed E-state index contributed by atoms with van der Waals surface area (Å²) in [7, 11) is 0. The standard InChI is InChI=1S/C15H28O2.FH/c1-3-4-5-6-7-8-9-10-11-12-13-14(2)15(16)17;/h2-13H2,1H3,(H,16,17);1H. The second-order valence-electron chi connectivity index (χ2n) is 4.84. The van der Waals surface area contributed by atoms with Crippen molar-refractivity contribution in [3.63, 3.8) is 0 Å². The molecule has 0 aromatic carbocycles. The summed E-state index contributed by atoms with van der Waals surface area (Å²) < 4.78 is 0. The third-order valence-electron chi connectivity index (χ3n) is 3.13. The second kappa shape index (κ2) is 14.2. The van der Waals surface area contributed by atoms with E-state index in [4.69, 9.17) is 5.11 Å². The fourth-order valence-electron chi connectivity index (χ4n) is 1.93. The van der Waals surface area contributed by atoms with Crippen LogP contribution in [0.2, 0.25) is 0 Å². The molecular weight excluding hydrogens is 231 g/mol. The quantitative estimate of drug-likeness (QED) is 0.392. The number of carbonyl (C=O) groups is 1. The molecule has 108 valence electrons. The van der Waals surface area contributed by atoms with Gasteiger partial charge in [0.15, 0.2) is 0 Å². The summed E-state index contributed by atoms with van der Waals surface area (Å²) in [6.07, 6.45) is 13.4. The van der Waals surface area contributed by atoms with Crippen molar-refractivity contribution in [3.8, 4) is 0 Å². The Balaban J connectivity index is 0. The van der Waals surface area contributed by atoms with Gasteiger partial charge >= 0.3 is 5.97 Å². The number of rotatable bonds is 12. The third kappa shape index (κ3) is 13.2. The van der Waals surface area contributed by atoms with Crippen molar-refractivity contribution in [1.82, 2.24) is 0 Å². The van der Waals surface area contributed by atoms with Gasteiger partial charge in [0, 0.05) is 5.57 Å². The highest BCUT2D eigenvalue weighted by atomic mass is 19.0. The summed E-state index contributed by atoms with van der Waals surface area (Å²) in [5.41, 5.74) is 0.351. The molecule has 0 aromatic heterocycles. The zero-order valence-electron chi connectivity index (χ0n) is 11.7. The third-order valence-corrected chi connectivity index (χ3v) is 3.13. The smallest absolute Gasteiger partial charge is 0.330 e. The van der Waals surface area contributed by atoms with Crippen molar-refractivity contribution in [3.05, 3.63) is 12.2 Å². The number of halogens is 1. The van der Waals surface area contributed by atoms with E-state index in [2.05, 4.69) is 13.5 Å². The fourth-order valence-corrected chi connectivity index (χ4v) is 1.93. The summed E-state index contributed by atoms with van der Waals surface area (Å²) in [5.74, 6) is -0.846. The number of unbranched alkanes of at least 4 members (excludes halogenated alkanes) is 9. The largest absolute Gasteiger partial charge is 0.478 e. The molecule has 0 atom stereocenters. The minimum Gasteiger partial charge on any atom is -0.478 e. The number of carboxylic acid groups (broad SMARTS) is 1. The van der Waals surface area contributed by atoms with Crippen molar-refractivity contribution >= 4 is 5.97 Å². The van der Waals surface area contributed by atoms with Crippen LogP contribution in [0, 0.1) is 0 Å². The predicted octanol–water partition coefficient (Wildman–Crippen LogP) is 5.09. The van der Waals surface area contributed by atoms with E-state index in [1.165, 1.54) is 51.4 Å². The van der Waals surface area contributed by atoms with E-state index in [1.54, 1.807) is 0 Å². The van der Waals surface area contributed by atoms with Crippen LogP contribution in [0.3, 0.4) is 0 Å². The lowest BCUT2D eigenvalue weighted by molar-refractivity contribution is -0.132. The highest BCUT2D eigenvalue weighted by molar-refractivity contribution is 5.85. The first kappa shape index (κ1) is 19.5. The van der Waals surface area contributed by atoms with Crippen LogP contribution in [0.25, 0.3) is 0 Å². The molecule has 0 bridgehead atoms. The lowest BCUT2D eigenvalue weighted by Gasteiger charge is -2.02. The van der Waals surface area contributed by atoms with Crippen LogP contribution in [0.1, 0.15) is 77.6 Å². The molecule has 0 radical (unpaired) electrons. The highest BCUT2D eigenvalue weighted by Crippen LogP contribution is 2.12. The average Bonchev–Trinajstić information content (AvgIpc) is 2.31. The van der Waals surface area contributed by atoms with Crippen molar-refractivity contribution in [2.75, 3.05) is 0 Å². The van der Waals surface area contributed by atoms with Crippen LogP contribution in [0.4, 0.5) is 4.70 Å². The first-order valence-corrected chi connectivity index (χ1v) is 7.09. The average molecular weight is 260 g/mol. The number of hydrogen-bond donors (Lipinski definition) is 1. The highest BCUT2D eigenvalue weighted by Gasteiger charge is 2.02. The van der Waals surface area contributed by atoms with E-state index in [-0.39, 0.29) is 4.70 Å². The maximum atomic E-state index is 10.5. The second-order valence-corrected chi connectivity index (χ2v) is 4.84. The SMILES string of the molecule is C=C(CCCCCCCCCCCC)C(=O)O.F. The Kier molecular flexibility index (Phi) is 15.4. The summed E-state index contributed by atoms with van der Waals surface area (Å²) in [6, 6.07) is 0. The predicted molar refractivity (Wildman–Crippen MR) is 75.7 cm³/mol. The Morgan fingerprint density at radius 1 is 0.889 bits per heavy atom. The molecular formula is C15H29FO2. The molecule has 2 nitrogen and oxygen atoms in total. The van der Waals surface area contributed by atoms with Gasteiger partial charge in [-0.2, -0.15) is 0 Å². The molecule has 0 amide bonds. The molecule has 0 fully saturated rings. The molecule has 18 heavy (non-hydrogen) atoms. The molecule has 0 saturated carbocycles. The van der Waals surface area contributed by atoms with Gasteiger partial charge in [0.2, 0.25) is 0 Å². The first-order chi connectivity index (χ1) is 8.18. The molecule has 0 saturated heterocycles. The van der Waals surface area contributed by atoms with E-state index < -0.39 is 5.97 Å². The van der Waals surface area contributed by atoms with E-state index in [0.717, 1.165) is 12.8 Å². The van der Waals surface area contributed by atoms with E-state index in [0.29, 0.717) is 12.0 Å². The van der Waals surface area contributed by atoms with Crippen LogP contribution in [-0.2, 0) is 4.79 Å². The van der Waals surface area contributed by atoms with E-state index >= 15 is 0 Å². The van der Waals surface area contributed by atoms with Gasteiger partial charge in [-0.1, -0.05) is 71.3 Å². The van der Waals surface area contributed by atoms with Crippen LogP contribution < -0.4 is 0 Å². The summed E-state index contributed by atoms with van der Waals surface area (Å²) in [4.78, 5) is 10.5. The molecule has 0 aliphatic carbocycles. The molecule has 0 heterocycles. The minimum atomic E-state index is -0.846. The molecule has 0 aliphatic heterocycles. The zero-order chi connectivity index (χ0) is 12.9. The van der Waals surface area contributed by atoms with Crippen molar-refractivity contribution in [2.24, 2.45) is 0 Å². The van der Waals surface area contributed by atoms with Gasteiger partial charge in [0.1, 0.15) is 0 Å². The monoisotopic (exact) mass is 260 g/mol. The molecule has 3 heteroatoms. The van der Waals surface area contributed by atoms with E-state index in [9.17, 15) is 4.79 Å². The molecule has 0 unspecified atom stereocenters. The maximum absolute atomic E-state index is 10.5. The lowest BCUT2D eigenvalue weighted by atomic mass is 10.0. The van der Waals surface area contributed by atoms with E-state index in [1.807, 2.05) is 0 Å². The summed E-state index contributed by atoms with van der Waals surface area (Å²) >= 11 is 0. The van der Waals surface area contributed by atoms with Gasteiger partial charge in [-0.15, -0.1) is 0 Å². The fraction of sp³-hybridized carbons (Fsp3) is 0.800. The number of hydrogen-bond acceptors (Lipinski definition) is 1. The van der Waals surface area contributed by atoms with Gasteiger partial charge < -0.3 is 5.11 Å². The van der Waals surface area contributed by atoms with Crippen LogP contribution in [-0.4, -0.2) is 11.1 Å². The molecule has 0 rings (SSSR count). The summed E-state index contributed by atoms with van der Waals surface area (Å²) in [6.45, 7) is 5.77. The maximum Gasteiger partial charge on any atom is 0.330 e. The van der Waals surface area contributed by atoms with Crippen molar-refractivity contribution < 1.29 is 14.6 Å².